The fraction of sp³-hybridized carbons (Fsp3) is 0.360. The van der Waals surface area contributed by atoms with Gasteiger partial charge in [0.1, 0.15) is 5.60 Å². The number of fused-ring (bicyclic) bond motifs is 3. The Morgan fingerprint density at radius 2 is 1.70 bits per heavy atom. The van der Waals surface area contributed by atoms with E-state index in [0.29, 0.717) is 25.1 Å². The molecule has 2 heterocycles. The zero-order valence-corrected chi connectivity index (χ0v) is 18.0. The second kappa shape index (κ2) is 7.63. The van der Waals surface area contributed by atoms with Gasteiger partial charge < -0.3 is 14.2 Å². The minimum Gasteiger partial charge on any atom is -0.444 e. The molecule has 5 nitrogen and oxygen atoms in total. The first-order valence-corrected chi connectivity index (χ1v) is 10.4. The van der Waals surface area contributed by atoms with Crippen LogP contribution in [-0.4, -0.2) is 33.5 Å². The van der Waals surface area contributed by atoms with Crippen LogP contribution >= 0.6 is 0 Å². The molecular weight excluding hydrogens is 376 g/mol. The molecule has 0 bridgehead atoms. The van der Waals surface area contributed by atoms with Gasteiger partial charge in [-0.25, -0.2) is 4.79 Å². The second-order valence-electron chi connectivity index (χ2n) is 8.99. The summed E-state index contributed by atoms with van der Waals surface area (Å²) < 4.78 is 7.78. The Hall–Kier alpha value is -3.08. The lowest BCUT2D eigenvalue weighted by Crippen LogP contribution is -2.42. The number of hydrogen-bond acceptors (Lipinski definition) is 3. The molecule has 156 valence electrons. The molecule has 30 heavy (non-hydrogen) atoms. The molecule has 2 aromatic carbocycles. The van der Waals surface area contributed by atoms with Crippen molar-refractivity contribution < 1.29 is 14.3 Å². The van der Waals surface area contributed by atoms with Crippen molar-refractivity contribution in [2.24, 2.45) is 7.05 Å². The zero-order valence-electron chi connectivity index (χ0n) is 18.0. The van der Waals surface area contributed by atoms with Crippen molar-refractivity contribution in [3.8, 4) is 0 Å². The SMILES string of the molecule is Cn1c2c(c3ccccc31)[C@@H](CC(=O)c1ccccc1)CN(C(=O)OC(C)(C)C)C2. The number of rotatable bonds is 3. The fourth-order valence-corrected chi connectivity index (χ4v) is 4.32. The molecule has 1 atom stereocenters. The molecule has 0 spiro atoms. The van der Waals surface area contributed by atoms with Gasteiger partial charge in [0, 0.05) is 48.1 Å². The van der Waals surface area contributed by atoms with Gasteiger partial charge in [-0.15, -0.1) is 0 Å². The highest BCUT2D eigenvalue weighted by Gasteiger charge is 2.35. The number of ketones is 1. The van der Waals surface area contributed by atoms with Gasteiger partial charge >= 0.3 is 6.09 Å². The molecule has 1 aliphatic rings. The largest absolute Gasteiger partial charge is 0.444 e. The summed E-state index contributed by atoms with van der Waals surface area (Å²) in [5.41, 5.74) is 3.50. The van der Waals surface area contributed by atoms with Gasteiger partial charge in [0.2, 0.25) is 0 Å². The minimum atomic E-state index is -0.564. The molecule has 0 radical (unpaired) electrons. The normalized spacial score (nSPS) is 16.4. The molecule has 1 amide bonds. The molecule has 0 aliphatic carbocycles. The summed E-state index contributed by atoms with van der Waals surface area (Å²) in [5, 5.41) is 1.16. The number of aromatic nitrogens is 1. The van der Waals surface area contributed by atoms with E-state index in [2.05, 4.69) is 16.7 Å². The maximum atomic E-state index is 13.0. The van der Waals surface area contributed by atoms with Gasteiger partial charge in [0.05, 0.1) is 6.54 Å². The quantitative estimate of drug-likeness (QED) is 0.558. The number of ether oxygens (including phenoxy) is 1. The smallest absolute Gasteiger partial charge is 0.410 e. The van der Waals surface area contributed by atoms with Gasteiger partial charge in [-0.2, -0.15) is 0 Å². The van der Waals surface area contributed by atoms with E-state index in [1.807, 2.05) is 70.3 Å². The molecule has 0 N–H and O–H groups in total. The van der Waals surface area contributed by atoms with Crippen molar-refractivity contribution in [2.75, 3.05) is 6.54 Å². The van der Waals surface area contributed by atoms with E-state index >= 15 is 0 Å². The molecule has 0 saturated heterocycles. The third kappa shape index (κ3) is 3.84. The van der Waals surface area contributed by atoms with E-state index in [1.165, 1.54) is 5.56 Å². The zero-order chi connectivity index (χ0) is 21.5. The van der Waals surface area contributed by atoms with Crippen molar-refractivity contribution in [3.63, 3.8) is 0 Å². The summed E-state index contributed by atoms with van der Waals surface area (Å²) in [6.45, 7) is 6.55. The van der Waals surface area contributed by atoms with E-state index in [4.69, 9.17) is 4.74 Å². The topological polar surface area (TPSA) is 51.5 Å². The lowest BCUT2D eigenvalue weighted by atomic mass is 9.86. The average Bonchev–Trinajstić information content (AvgIpc) is 3.00. The summed E-state index contributed by atoms with van der Waals surface area (Å²) in [6.07, 6.45) is 0.0141. The number of carbonyl (C=O) groups excluding carboxylic acids is 2. The molecule has 1 aromatic heterocycles. The lowest BCUT2D eigenvalue weighted by molar-refractivity contribution is 0.0198. The number of para-hydroxylation sites is 1. The maximum Gasteiger partial charge on any atom is 0.410 e. The number of aryl methyl sites for hydroxylation is 1. The standard InChI is InChI=1S/C25H28N2O3/c1-25(2,3)30-24(29)27-15-18(14-22(28)17-10-6-5-7-11-17)23-19-12-8-9-13-20(19)26(4)21(23)16-27/h5-13,18H,14-16H2,1-4H3/t18-/m0/s1. The third-order valence-electron chi connectivity index (χ3n) is 5.64. The molecule has 3 aromatic rings. The Morgan fingerprint density at radius 3 is 2.40 bits per heavy atom. The van der Waals surface area contributed by atoms with Gasteiger partial charge in [-0.3, -0.25) is 4.79 Å². The van der Waals surface area contributed by atoms with Crippen LogP contribution in [0.4, 0.5) is 4.79 Å². The number of Topliss-reactive ketones (excluding diaryl/α,β-unsaturated/α-hetero) is 1. The number of carbonyl (C=O) groups is 2. The Balaban J connectivity index is 1.73. The van der Waals surface area contributed by atoms with Gasteiger partial charge in [0.25, 0.3) is 0 Å². The predicted molar refractivity (Wildman–Crippen MR) is 118 cm³/mol. The highest BCUT2D eigenvalue weighted by molar-refractivity contribution is 5.97. The third-order valence-corrected chi connectivity index (χ3v) is 5.64. The highest BCUT2D eigenvalue weighted by atomic mass is 16.6. The number of amides is 1. The minimum absolute atomic E-state index is 0.0833. The Kier molecular flexibility index (Phi) is 5.14. The summed E-state index contributed by atoms with van der Waals surface area (Å²) in [4.78, 5) is 27.6. The maximum absolute atomic E-state index is 13.0. The first kappa shape index (κ1) is 20.2. The summed E-state index contributed by atoms with van der Waals surface area (Å²) in [6, 6.07) is 17.6. The van der Waals surface area contributed by atoms with Crippen molar-refractivity contribution in [1.29, 1.82) is 0 Å². The average molecular weight is 405 g/mol. The molecule has 5 heteroatoms. The van der Waals surface area contributed by atoms with E-state index in [1.54, 1.807) is 4.90 Å². The van der Waals surface area contributed by atoms with Crippen molar-refractivity contribution >= 4 is 22.8 Å². The molecule has 4 rings (SSSR count). The van der Waals surface area contributed by atoms with E-state index < -0.39 is 5.60 Å². The monoisotopic (exact) mass is 404 g/mol. The second-order valence-corrected chi connectivity index (χ2v) is 8.99. The van der Waals surface area contributed by atoms with Crippen LogP contribution in [0.25, 0.3) is 10.9 Å². The summed E-state index contributed by atoms with van der Waals surface area (Å²) >= 11 is 0. The van der Waals surface area contributed by atoms with Crippen LogP contribution < -0.4 is 0 Å². The van der Waals surface area contributed by atoms with Crippen molar-refractivity contribution in [2.45, 2.75) is 45.3 Å². The summed E-state index contributed by atoms with van der Waals surface area (Å²) in [5.74, 6) is 0.00518. The highest BCUT2D eigenvalue weighted by Crippen LogP contribution is 2.39. The van der Waals surface area contributed by atoms with Crippen molar-refractivity contribution in [1.82, 2.24) is 9.47 Å². The van der Waals surface area contributed by atoms with E-state index in [0.717, 1.165) is 16.6 Å². The number of nitrogens with zero attached hydrogens (tertiary/aromatic N) is 2. The van der Waals surface area contributed by atoms with Crippen LogP contribution in [0.2, 0.25) is 0 Å². The van der Waals surface area contributed by atoms with Crippen LogP contribution in [0.5, 0.6) is 0 Å². The molecule has 0 saturated carbocycles. The van der Waals surface area contributed by atoms with Crippen LogP contribution in [0, 0.1) is 0 Å². The molecule has 1 aliphatic heterocycles. The Bertz CT molecular complexity index is 1090. The first-order chi connectivity index (χ1) is 14.2. The van der Waals surface area contributed by atoms with E-state index in [-0.39, 0.29) is 17.8 Å². The van der Waals surface area contributed by atoms with E-state index in [9.17, 15) is 9.59 Å². The molecule has 0 unspecified atom stereocenters. The lowest BCUT2D eigenvalue weighted by Gasteiger charge is -2.35. The number of benzene rings is 2. The Morgan fingerprint density at radius 1 is 1.03 bits per heavy atom. The molecular formula is C25H28N2O3. The van der Waals surface area contributed by atoms with Crippen molar-refractivity contribution in [3.05, 3.63) is 71.4 Å². The van der Waals surface area contributed by atoms with Crippen LogP contribution in [-0.2, 0) is 18.3 Å². The first-order valence-electron chi connectivity index (χ1n) is 10.4. The van der Waals surface area contributed by atoms with Crippen LogP contribution in [0.3, 0.4) is 0 Å². The van der Waals surface area contributed by atoms with Gasteiger partial charge in [-0.05, 0) is 32.4 Å². The fourth-order valence-electron chi connectivity index (χ4n) is 4.32. The Labute approximate surface area is 177 Å². The van der Waals surface area contributed by atoms with Crippen LogP contribution in [0.15, 0.2) is 54.6 Å². The summed E-state index contributed by atoms with van der Waals surface area (Å²) in [7, 11) is 2.02. The van der Waals surface area contributed by atoms with Gasteiger partial charge in [0.15, 0.2) is 5.78 Å². The van der Waals surface area contributed by atoms with Gasteiger partial charge in [-0.1, -0.05) is 48.5 Å². The predicted octanol–water partition coefficient (Wildman–Crippen LogP) is 5.29. The van der Waals surface area contributed by atoms with Crippen LogP contribution in [0.1, 0.15) is 54.7 Å². The molecule has 0 fully saturated rings. The number of hydrogen-bond donors (Lipinski definition) is 0.